The number of ether oxygens (including phenoxy) is 1. The highest BCUT2D eigenvalue weighted by Gasteiger charge is 2.56. The van der Waals surface area contributed by atoms with Crippen LogP contribution in [0.3, 0.4) is 0 Å². The summed E-state index contributed by atoms with van der Waals surface area (Å²) in [7, 11) is 0. The van der Waals surface area contributed by atoms with Crippen LogP contribution in [-0.4, -0.2) is 12.0 Å². The van der Waals surface area contributed by atoms with Gasteiger partial charge >= 0.3 is 0 Å². The summed E-state index contributed by atoms with van der Waals surface area (Å²) in [6.45, 7) is 0. The first-order chi connectivity index (χ1) is 6.81. The van der Waals surface area contributed by atoms with E-state index in [1.54, 1.807) is 0 Å². The van der Waals surface area contributed by atoms with Crippen molar-refractivity contribution in [2.24, 2.45) is 0 Å². The van der Waals surface area contributed by atoms with Crippen LogP contribution in [-0.2, 0) is 4.74 Å². The van der Waals surface area contributed by atoms with Gasteiger partial charge < -0.3 is 4.74 Å². The van der Waals surface area contributed by atoms with E-state index in [0.717, 1.165) is 19.3 Å². The third-order valence-corrected chi connectivity index (χ3v) is 3.50. The molecule has 2 heteroatoms. The van der Waals surface area contributed by atoms with Gasteiger partial charge in [-0.2, -0.15) is 0 Å². The van der Waals surface area contributed by atoms with Crippen molar-refractivity contribution in [3.8, 4) is 0 Å². The molecular weight excluding hydrogens is 179 g/mol. The fourth-order valence-corrected chi connectivity index (χ4v) is 2.45. The van der Waals surface area contributed by atoms with Crippen LogP contribution in [0.15, 0.2) is 0 Å². The summed E-state index contributed by atoms with van der Waals surface area (Å²) in [5, 5.41) is 0. The highest BCUT2D eigenvalue weighted by molar-refractivity contribution is 4.93. The van der Waals surface area contributed by atoms with E-state index in [-0.39, 0.29) is 6.10 Å². The second-order valence-corrected chi connectivity index (χ2v) is 4.76. The number of fused-ring (bicyclic) bond motifs is 1. The zero-order valence-corrected chi connectivity index (χ0v) is 8.93. The molecule has 1 aliphatic carbocycles. The van der Waals surface area contributed by atoms with Gasteiger partial charge in [0.15, 0.2) is 0 Å². The van der Waals surface area contributed by atoms with Gasteiger partial charge in [-0.05, 0) is 12.8 Å². The normalized spacial score (nSPS) is 40.5. The van der Waals surface area contributed by atoms with Crippen LogP contribution >= 0.6 is 0 Å². The van der Waals surface area contributed by atoms with Crippen molar-refractivity contribution in [1.82, 2.24) is 0 Å². The van der Waals surface area contributed by atoms with Gasteiger partial charge in [-0.15, -0.1) is 0 Å². The fraction of sp³-hybridized carbons (Fsp3) is 1.00. The van der Waals surface area contributed by atoms with E-state index in [1.165, 1.54) is 38.5 Å². The van der Waals surface area contributed by atoms with Gasteiger partial charge in [-0.25, -0.2) is 4.39 Å². The molecule has 0 aromatic heterocycles. The van der Waals surface area contributed by atoms with Gasteiger partial charge in [-0.3, -0.25) is 0 Å². The predicted molar refractivity (Wildman–Crippen MR) is 54.9 cm³/mol. The van der Waals surface area contributed by atoms with Crippen molar-refractivity contribution in [2.75, 3.05) is 0 Å². The molecular formula is C12H21FO. The van der Waals surface area contributed by atoms with E-state index in [1.807, 2.05) is 0 Å². The summed E-state index contributed by atoms with van der Waals surface area (Å²) in [6, 6.07) is 0. The van der Waals surface area contributed by atoms with Gasteiger partial charge in [0.2, 0.25) is 5.85 Å². The number of alkyl halides is 1. The lowest BCUT2D eigenvalue weighted by molar-refractivity contribution is 0.126. The van der Waals surface area contributed by atoms with E-state index in [4.69, 9.17) is 4.74 Å². The Morgan fingerprint density at radius 2 is 1.43 bits per heavy atom. The minimum Gasteiger partial charge on any atom is -0.334 e. The number of rotatable bonds is 0. The standard InChI is InChI=1S/C12H21FO/c13-12-10-8-6-4-2-1-3-5-7-9-11(12)14-12/h11H,1-10H2. The SMILES string of the molecule is FC12CCCCCCCCCCC1O2. The highest BCUT2D eigenvalue weighted by atomic mass is 19.2. The summed E-state index contributed by atoms with van der Waals surface area (Å²) in [4.78, 5) is 0. The van der Waals surface area contributed by atoms with E-state index in [9.17, 15) is 4.39 Å². The fourth-order valence-electron chi connectivity index (χ4n) is 2.45. The molecule has 1 saturated carbocycles. The molecule has 1 aliphatic heterocycles. The van der Waals surface area contributed by atoms with Crippen molar-refractivity contribution in [3.63, 3.8) is 0 Å². The van der Waals surface area contributed by atoms with Crippen molar-refractivity contribution < 1.29 is 9.13 Å². The number of epoxide rings is 1. The van der Waals surface area contributed by atoms with Crippen LogP contribution < -0.4 is 0 Å². The Bertz CT molecular complexity index is 183. The summed E-state index contributed by atoms with van der Waals surface area (Å²) in [5.74, 6) is -1.21. The first-order valence-corrected chi connectivity index (χ1v) is 6.18. The molecule has 2 rings (SSSR count). The third kappa shape index (κ3) is 2.69. The minimum absolute atomic E-state index is 0.0538. The van der Waals surface area contributed by atoms with E-state index in [0.29, 0.717) is 6.42 Å². The monoisotopic (exact) mass is 200 g/mol. The van der Waals surface area contributed by atoms with Gasteiger partial charge in [0.25, 0.3) is 0 Å². The van der Waals surface area contributed by atoms with Gasteiger partial charge in [0.1, 0.15) is 6.10 Å². The number of hydrogen-bond donors (Lipinski definition) is 0. The van der Waals surface area contributed by atoms with Crippen LogP contribution in [0.2, 0.25) is 0 Å². The third-order valence-electron chi connectivity index (χ3n) is 3.50. The van der Waals surface area contributed by atoms with Gasteiger partial charge in [-0.1, -0.05) is 44.9 Å². The summed E-state index contributed by atoms with van der Waals surface area (Å²) >= 11 is 0. The smallest absolute Gasteiger partial charge is 0.236 e. The Kier molecular flexibility index (Phi) is 3.42. The first kappa shape index (κ1) is 10.4. The van der Waals surface area contributed by atoms with E-state index >= 15 is 0 Å². The first-order valence-electron chi connectivity index (χ1n) is 6.18. The van der Waals surface area contributed by atoms with Gasteiger partial charge in [0.05, 0.1) is 0 Å². The van der Waals surface area contributed by atoms with E-state index in [2.05, 4.69) is 0 Å². The maximum absolute atomic E-state index is 13.7. The molecule has 2 fully saturated rings. The molecule has 1 saturated heterocycles. The Labute approximate surface area is 86.0 Å². The summed E-state index contributed by atoms with van der Waals surface area (Å²) in [6.07, 6.45) is 11.4. The van der Waals surface area contributed by atoms with Gasteiger partial charge in [0, 0.05) is 6.42 Å². The maximum atomic E-state index is 13.7. The molecule has 0 aromatic carbocycles. The Morgan fingerprint density at radius 1 is 0.857 bits per heavy atom. The topological polar surface area (TPSA) is 12.5 Å². The molecule has 2 atom stereocenters. The molecule has 1 heterocycles. The average Bonchev–Trinajstić information content (AvgIpc) is 2.78. The Morgan fingerprint density at radius 3 is 2.14 bits per heavy atom. The molecule has 2 unspecified atom stereocenters. The molecule has 0 spiro atoms. The molecule has 0 amide bonds. The van der Waals surface area contributed by atoms with Crippen LogP contribution in [0.4, 0.5) is 4.39 Å². The molecule has 0 bridgehead atoms. The number of hydrogen-bond acceptors (Lipinski definition) is 1. The molecule has 0 N–H and O–H groups in total. The molecule has 14 heavy (non-hydrogen) atoms. The molecule has 1 nitrogen and oxygen atoms in total. The van der Waals surface area contributed by atoms with Crippen LogP contribution in [0.25, 0.3) is 0 Å². The van der Waals surface area contributed by atoms with Crippen molar-refractivity contribution in [1.29, 1.82) is 0 Å². The van der Waals surface area contributed by atoms with Crippen LogP contribution in [0, 0.1) is 0 Å². The lowest BCUT2D eigenvalue weighted by atomic mass is 10.0. The van der Waals surface area contributed by atoms with Crippen molar-refractivity contribution >= 4 is 0 Å². The quantitative estimate of drug-likeness (QED) is 0.539. The molecule has 0 aromatic rings. The predicted octanol–water partition coefficient (Wildman–Crippen LogP) is 3.97. The molecule has 2 aliphatic rings. The molecule has 0 radical (unpaired) electrons. The number of halogens is 1. The second kappa shape index (κ2) is 4.61. The molecule has 82 valence electrons. The summed E-state index contributed by atoms with van der Waals surface area (Å²) in [5.41, 5.74) is 0. The summed E-state index contributed by atoms with van der Waals surface area (Å²) < 4.78 is 18.9. The minimum atomic E-state index is -1.21. The van der Waals surface area contributed by atoms with Crippen molar-refractivity contribution in [2.45, 2.75) is 76.2 Å². The largest absolute Gasteiger partial charge is 0.334 e. The van der Waals surface area contributed by atoms with E-state index < -0.39 is 5.85 Å². The van der Waals surface area contributed by atoms with Crippen LogP contribution in [0.1, 0.15) is 64.2 Å². The Hall–Kier alpha value is -0.110. The second-order valence-electron chi connectivity index (χ2n) is 4.76. The zero-order chi connectivity index (χ0) is 9.86. The highest BCUT2D eigenvalue weighted by Crippen LogP contribution is 2.45. The lowest BCUT2D eigenvalue weighted by Gasteiger charge is -2.06. The maximum Gasteiger partial charge on any atom is 0.236 e. The Balaban J connectivity index is 1.75. The average molecular weight is 200 g/mol. The van der Waals surface area contributed by atoms with Crippen LogP contribution in [0.5, 0.6) is 0 Å². The zero-order valence-electron chi connectivity index (χ0n) is 8.93. The van der Waals surface area contributed by atoms with Crippen molar-refractivity contribution in [3.05, 3.63) is 0 Å². The lowest BCUT2D eigenvalue weighted by Crippen LogP contribution is -2.08.